The Morgan fingerprint density at radius 2 is 2.16 bits per heavy atom. The van der Waals surface area contributed by atoms with E-state index in [4.69, 9.17) is 5.11 Å². The van der Waals surface area contributed by atoms with Crippen molar-refractivity contribution in [1.82, 2.24) is 4.90 Å². The maximum absolute atomic E-state index is 12.4. The lowest BCUT2D eigenvalue weighted by atomic mass is 10.2. The van der Waals surface area contributed by atoms with Crippen LogP contribution >= 0.6 is 11.3 Å². The number of aliphatic carboxylic acids is 1. The Hall–Kier alpha value is -1.62. The Morgan fingerprint density at radius 3 is 2.68 bits per heavy atom. The molecule has 0 spiro atoms. The van der Waals surface area contributed by atoms with E-state index in [9.17, 15) is 9.59 Å². The Balaban J connectivity index is 2.93. The van der Waals surface area contributed by atoms with Crippen molar-refractivity contribution in [1.29, 1.82) is 0 Å². The van der Waals surface area contributed by atoms with Crippen molar-refractivity contribution < 1.29 is 14.7 Å². The first-order valence-corrected chi connectivity index (χ1v) is 7.11. The molecule has 0 fully saturated rings. The third-order valence-corrected chi connectivity index (χ3v) is 3.47. The highest BCUT2D eigenvalue weighted by atomic mass is 32.1. The number of hydrogen-bond donors (Lipinski definition) is 1. The first-order valence-electron chi connectivity index (χ1n) is 6.23. The van der Waals surface area contributed by atoms with Crippen LogP contribution in [0.1, 0.15) is 36.0 Å². The Bertz CT molecular complexity index is 477. The van der Waals surface area contributed by atoms with E-state index in [0.717, 1.165) is 6.08 Å². The third kappa shape index (κ3) is 4.52. The number of carboxylic acid groups (broad SMARTS) is 1. The molecule has 104 valence electrons. The highest BCUT2D eigenvalue weighted by molar-refractivity contribution is 7.12. The maximum atomic E-state index is 12.4. The molecule has 5 heteroatoms. The summed E-state index contributed by atoms with van der Waals surface area (Å²) in [5.74, 6) is -0.641. The summed E-state index contributed by atoms with van der Waals surface area (Å²) < 4.78 is 0. The fourth-order valence-electron chi connectivity index (χ4n) is 1.73. The van der Waals surface area contributed by atoms with Crippen LogP contribution < -0.4 is 0 Å². The molecular formula is C14H19NO3S. The zero-order chi connectivity index (χ0) is 14.4. The lowest BCUT2D eigenvalue weighted by molar-refractivity contribution is -0.131. The Kier molecular flexibility index (Phi) is 5.76. The van der Waals surface area contributed by atoms with Crippen molar-refractivity contribution in [3.05, 3.63) is 28.0 Å². The van der Waals surface area contributed by atoms with Crippen LogP contribution in [0.3, 0.4) is 0 Å². The largest absolute Gasteiger partial charge is 0.478 e. The molecule has 4 nitrogen and oxygen atoms in total. The molecule has 0 aromatic carbocycles. The number of thiophene rings is 1. The van der Waals surface area contributed by atoms with Gasteiger partial charge in [0.05, 0.1) is 4.88 Å². The van der Waals surface area contributed by atoms with Crippen LogP contribution in [0.5, 0.6) is 0 Å². The van der Waals surface area contributed by atoms with Gasteiger partial charge in [-0.1, -0.05) is 13.8 Å². The molecule has 1 aromatic rings. The summed E-state index contributed by atoms with van der Waals surface area (Å²) in [4.78, 5) is 25.3. The van der Waals surface area contributed by atoms with Gasteiger partial charge in [0.25, 0.3) is 5.91 Å². The van der Waals surface area contributed by atoms with Crippen molar-refractivity contribution in [2.75, 3.05) is 13.1 Å². The predicted octanol–water partition coefficient (Wildman–Crippen LogP) is 2.96. The molecule has 0 unspecified atom stereocenters. The van der Waals surface area contributed by atoms with Crippen LogP contribution in [0.25, 0.3) is 6.08 Å². The zero-order valence-corrected chi connectivity index (χ0v) is 12.2. The van der Waals surface area contributed by atoms with Crippen molar-refractivity contribution >= 4 is 29.3 Å². The van der Waals surface area contributed by atoms with Crippen LogP contribution in [0.15, 0.2) is 17.5 Å². The molecule has 0 aliphatic rings. The van der Waals surface area contributed by atoms with Gasteiger partial charge in [0.1, 0.15) is 0 Å². The Morgan fingerprint density at radius 1 is 1.47 bits per heavy atom. The summed E-state index contributed by atoms with van der Waals surface area (Å²) in [6, 6.07) is 1.76. The number of amides is 1. The zero-order valence-electron chi connectivity index (χ0n) is 11.4. The molecule has 0 saturated carbocycles. The summed E-state index contributed by atoms with van der Waals surface area (Å²) in [6.07, 6.45) is 2.52. The monoisotopic (exact) mass is 281 g/mol. The number of carbonyl (C=O) groups is 2. The van der Waals surface area contributed by atoms with Gasteiger partial charge >= 0.3 is 5.97 Å². The lowest BCUT2D eigenvalue weighted by Gasteiger charge is -2.22. The summed E-state index contributed by atoms with van der Waals surface area (Å²) in [5.41, 5.74) is 0.666. The third-order valence-electron chi connectivity index (χ3n) is 2.55. The number of rotatable bonds is 6. The molecule has 1 heterocycles. The molecule has 0 aliphatic heterocycles. The number of carboxylic acids is 1. The van der Waals surface area contributed by atoms with Gasteiger partial charge in [-0.05, 0) is 35.9 Å². The number of hydrogen-bond acceptors (Lipinski definition) is 3. The average Bonchev–Trinajstić information content (AvgIpc) is 2.80. The van der Waals surface area contributed by atoms with Crippen LogP contribution in [0.2, 0.25) is 0 Å². The fraction of sp³-hybridized carbons (Fsp3) is 0.429. The smallest absolute Gasteiger partial charge is 0.328 e. The molecule has 0 radical (unpaired) electrons. The van der Waals surface area contributed by atoms with Gasteiger partial charge < -0.3 is 10.0 Å². The van der Waals surface area contributed by atoms with Gasteiger partial charge in [-0.2, -0.15) is 0 Å². The van der Waals surface area contributed by atoms with Crippen molar-refractivity contribution in [2.45, 2.75) is 20.8 Å². The van der Waals surface area contributed by atoms with Crippen LogP contribution in [0, 0.1) is 5.92 Å². The van der Waals surface area contributed by atoms with E-state index >= 15 is 0 Å². The van der Waals surface area contributed by atoms with Crippen LogP contribution in [0.4, 0.5) is 0 Å². The Labute approximate surface area is 117 Å². The van der Waals surface area contributed by atoms with Crippen molar-refractivity contribution in [3.63, 3.8) is 0 Å². The molecule has 1 N–H and O–H groups in total. The van der Waals surface area contributed by atoms with Crippen molar-refractivity contribution in [3.8, 4) is 0 Å². The number of nitrogens with zero attached hydrogens (tertiary/aromatic N) is 1. The quantitative estimate of drug-likeness (QED) is 0.816. The molecule has 1 amide bonds. The summed E-state index contributed by atoms with van der Waals surface area (Å²) in [5, 5.41) is 10.4. The first kappa shape index (κ1) is 15.4. The SMILES string of the molecule is CCN(CC(C)C)C(=O)c1sccc1/C=C/C(=O)O. The minimum atomic E-state index is -1.01. The van der Waals surface area contributed by atoms with E-state index in [1.165, 1.54) is 17.4 Å². The van der Waals surface area contributed by atoms with Crippen molar-refractivity contribution in [2.24, 2.45) is 5.92 Å². The maximum Gasteiger partial charge on any atom is 0.328 e. The molecule has 0 saturated heterocycles. The van der Waals surface area contributed by atoms with Gasteiger partial charge in [-0.15, -0.1) is 11.3 Å². The van der Waals surface area contributed by atoms with Gasteiger partial charge in [-0.3, -0.25) is 4.79 Å². The highest BCUT2D eigenvalue weighted by Gasteiger charge is 2.18. The standard InChI is InChI=1S/C14H19NO3S/c1-4-15(9-10(2)3)14(18)13-11(7-8-19-13)5-6-12(16)17/h5-8,10H,4,9H2,1-3H3,(H,16,17)/b6-5+. The minimum Gasteiger partial charge on any atom is -0.478 e. The molecule has 1 aromatic heterocycles. The molecule has 19 heavy (non-hydrogen) atoms. The van der Waals surface area contributed by atoms with E-state index in [1.54, 1.807) is 16.3 Å². The second kappa shape index (κ2) is 7.09. The van der Waals surface area contributed by atoms with Gasteiger partial charge in [0.15, 0.2) is 0 Å². The van der Waals surface area contributed by atoms with E-state index in [0.29, 0.717) is 29.4 Å². The van der Waals surface area contributed by atoms with E-state index in [-0.39, 0.29) is 5.91 Å². The molecule has 0 bridgehead atoms. The second-order valence-corrected chi connectivity index (χ2v) is 5.53. The average molecular weight is 281 g/mol. The topological polar surface area (TPSA) is 57.6 Å². The highest BCUT2D eigenvalue weighted by Crippen LogP contribution is 2.21. The van der Waals surface area contributed by atoms with Gasteiger partial charge in [0, 0.05) is 19.2 Å². The van der Waals surface area contributed by atoms with E-state index in [2.05, 4.69) is 13.8 Å². The molecule has 0 aliphatic carbocycles. The summed E-state index contributed by atoms with van der Waals surface area (Å²) >= 11 is 1.34. The van der Waals surface area contributed by atoms with Crippen LogP contribution in [-0.2, 0) is 4.79 Å². The lowest BCUT2D eigenvalue weighted by Crippen LogP contribution is -2.33. The summed E-state index contributed by atoms with van der Waals surface area (Å²) in [6.45, 7) is 7.43. The molecular weight excluding hydrogens is 262 g/mol. The van der Waals surface area contributed by atoms with E-state index < -0.39 is 5.97 Å². The minimum absolute atomic E-state index is 0.0313. The molecule has 0 atom stereocenters. The normalized spacial score (nSPS) is 11.2. The summed E-state index contributed by atoms with van der Waals surface area (Å²) in [7, 11) is 0. The van der Waals surface area contributed by atoms with E-state index in [1.807, 2.05) is 6.92 Å². The molecule has 1 rings (SSSR count). The number of carbonyl (C=O) groups excluding carboxylic acids is 1. The predicted molar refractivity (Wildman–Crippen MR) is 77.4 cm³/mol. The van der Waals surface area contributed by atoms with Gasteiger partial charge in [-0.25, -0.2) is 4.79 Å². The first-order chi connectivity index (χ1) is 8.95. The fourth-order valence-corrected chi connectivity index (χ4v) is 2.58. The van der Waals surface area contributed by atoms with Crippen LogP contribution in [-0.4, -0.2) is 35.0 Å². The second-order valence-electron chi connectivity index (χ2n) is 4.61. The van der Waals surface area contributed by atoms with Gasteiger partial charge in [0.2, 0.25) is 0 Å².